The lowest BCUT2D eigenvalue weighted by Gasteiger charge is -2.11. The van der Waals surface area contributed by atoms with Gasteiger partial charge in [-0.25, -0.2) is 0 Å². The summed E-state index contributed by atoms with van der Waals surface area (Å²) in [6, 6.07) is 4.14. The molecule has 2 N–H and O–H groups in total. The molecule has 0 saturated carbocycles. The summed E-state index contributed by atoms with van der Waals surface area (Å²) in [4.78, 5) is 4.20. The van der Waals surface area contributed by atoms with Crippen molar-refractivity contribution in [1.82, 2.24) is 4.98 Å². The summed E-state index contributed by atoms with van der Waals surface area (Å²) in [6.07, 6.45) is 0.792. The van der Waals surface area contributed by atoms with Gasteiger partial charge in [0.25, 0.3) is 6.01 Å². The number of nitrogens with zero attached hydrogens (tertiary/aromatic N) is 1. The Morgan fingerprint density at radius 2 is 2.00 bits per heavy atom. The van der Waals surface area contributed by atoms with E-state index in [2.05, 4.69) is 4.98 Å². The van der Waals surface area contributed by atoms with Gasteiger partial charge in [0.2, 0.25) is 0 Å². The van der Waals surface area contributed by atoms with Gasteiger partial charge in [0, 0.05) is 5.56 Å². The fourth-order valence-electron chi connectivity index (χ4n) is 2.08. The van der Waals surface area contributed by atoms with E-state index in [0.717, 1.165) is 40.3 Å². The fourth-order valence-corrected chi connectivity index (χ4v) is 2.08. The van der Waals surface area contributed by atoms with Crippen LogP contribution in [0.1, 0.15) is 23.7 Å². The summed E-state index contributed by atoms with van der Waals surface area (Å²) in [6.45, 7) is 6.11. The molecule has 0 saturated heterocycles. The number of aromatic nitrogens is 1. The van der Waals surface area contributed by atoms with Crippen molar-refractivity contribution in [2.24, 2.45) is 0 Å². The van der Waals surface area contributed by atoms with Crippen LogP contribution in [0.2, 0.25) is 0 Å². The average molecular weight is 246 g/mol. The first-order valence-electron chi connectivity index (χ1n) is 5.98. The SMILES string of the molecule is CCc1nc(N)oc1-c1ccc(OC)c(C)c1C. The van der Waals surface area contributed by atoms with Crippen LogP contribution in [0, 0.1) is 13.8 Å². The molecule has 1 heterocycles. The van der Waals surface area contributed by atoms with Crippen molar-refractivity contribution in [2.45, 2.75) is 27.2 Å². The molecule has 0 aliphatic heterocycles. The highest BCUT2D eigenvalue weighted by Gasteiger charge is 2.16. The lowest BCUT2D eigenvalue weighted by Crippen LogP contribution is -1.94. The van der Waals surface area contributed by atoms with E-state index in [4.69, 9.17) is 14.9 Å². The molecular weight excluding hydrogens is 228 g/mol. The van der Waals surface area contributed by atoms with Crippen LogP contribution in [-0.4, -0.2) is 12.1 Å². The molecule has 1 aromatic heterocycles. The standard InChI is InChI=1S/C14H18N2O2/c1-5-11-13(18-14(15)16-11)10-6-7-12(17-4)9(3)8(10)2/h6-7H,5H2,1-4H3,(H2,15,16). The molecule has 0 bridgehead atoms. The van der Waals surface area contributed by atoms with Crippen molar-refractivity contribution in [3.63, 3.8) is 0 Å². The average Bonchev–Trinajstić information content (AvgIpc) is 2.73. The highest BCUT2D eigenvalue weighted by atomic mass is 16.5. The third kappa shape index (κ3) is 1.94. The fraction of sp³-hybridized carbons (Fsp3) is 0.357. The number of nitrogen functional groups attached to an aromatic ring is 1. The Morgan fingerprint density at radius 3 is 2.61 bits per heavy atom. The van der Waals surface area contributed by atoms with Gasteiger partial charge in [-0.1, -0.05) is 6.92 Å². The van der Waals surface area contributed by atoms with Gasteiger partial charge in [0.15, 0.2) is 5.76 Å². The smallest absolute Gasteiger partial charge is 0.292 e. The number of anilines is 1. The van der Waals surface area contributed by atoms with Crippen LogP contribution in [0.4, 0.5) is 6.01 Å². The summed E-state index contributed by atoms with van der Waals surface area (Å²) in [5.41, 5.74) is 9.77. The van der Waals surface area contributed by atoms with E-state index >= 15 is 0 Å². The highest BCUT2D eigenvalue weighted by Crippen LogP contribution is 2.34. The molecule has 4 heteroatoms. The zero-order valence-electron chi connectivity index (χ0n) is 11.2. The maximum Gasteiger partial charge on any atom is 0.292 e. The highest BCUT2D eigenvalue weighted by molar-refractivity contribution is 5.68. The molecule has 4 nitrogen and oxygen atoms in total. The monoisotopic (exact) mass is 246 g/mol. The van der Waals surface area contributed by atoms with Crippen LogP contribution in [-0.2, 0) is 6.42 Å². The summed E-state index contributed by atoms with van der Waals surface area (Å²) >= 11 is 0. The van der Waals surface area contributed by atoms with Crippen molar-refractivity contribution in [3.05, 3.63) is 29.0 Å². The first-order valence-corrected chi connectivity index (χ1v) is 5.98. The minimum Gasteiger partial charge on any atom is -0.496 e. The summed E-state index contributed by atoms with van der Waals surface area (Å²) in [5.74, 6) is 1.64. The van der Waals surface area contributed by atoms with Crippen LogP contribution in [0.3, 0.4) is 0 Å². The number of rotatable bonds is 3. The van der Waals surface area contributed by atoms with Gasteiger partial charge < -0.3 is 14.9 Å². The Morgan fingerprint density at radius 1 is 1.28 bits per heavy atom. The van der Waals surface area contributed by atoms with Gasteiger partial charge in [-0.15, -0.1) is 0 Å². The summed E-state index contributed by atoms with van der Waals surface area (Å²) in [7, 11) is 1.67. The Kier molecular flexibility index (Phi) is 3.28. The second kappa shape index (κ2) is 4.72. The topological polar surface area (TPSA) is 61.3 Å². The van der Waals surface area contributed by atoms with Crippen LogP contribution >= 0.6 is 0 Å². The maximum absolute atomic E-state index is 5.63. The molecule has 0 radical (unpaired) electrons. The molecule has 1 aromatic carbocycles. The summed E-state index contributed by atoms with van der Waals surface area (Å²) in [5, 5.41) is 0. The molecule has 0 aliphatic rings. The van der Waals surface area contributed by atoms with Gasteiger partial charge in [-0.2, -0.15) is 4.98 Å². The zero-order valence-corrected chi connectivity index (χ0v) is 11.2. The first kappa shape index (κ1) is 12.5. The number of aryl methyl sites for hydroxylation is 1. The minimum atomic E-state index is 0.217. The molecule has 0 atom stereocenters. The lowest BCUT2D eigenvalue weighted by molar-refractivity contribution is 0.411. The number of oxazole rings is 1. The van der Waals surface area contributed by atoms with Gasteiger partial charge in [-0.3, -0.25) is 0 Å². The molecule has 0 aliphatic carbocycles. The zero-order chi connectivity index (χ0) is 13.3. The number of benzene rings is 1. The van der Waals surface area contributed by atoms with Crippen LogP contribution in [0.15, 0.2) is 16.5 Å². The number of methoxy groups -OCH3 is 1. The molecule has 0 spiro atoms. The molecule has 0 unspecified atom stereocenters. The van der Waals surface area contributed by atoms with Gasteiger partial charge in [0.05, 0.1) is 12.8 Å². The number of ether oxygens (including phenoxy) is 1. The molecule has 0 amide bonds. The quantitative estimate of drug-likeness (QED) is 0.903. The van der Waals surface area contributed by atoms with E-state index in [1.807, 2.05) is 32.9 Å². The molecule has 0 fully saturated rings. The third-order valence-electron chi connectivity index (χ3n) is 3.25. The van der Waals surface area contributed by atoms with Crippen molar-refractivity contribution < 1.29 is 9.15 Å². The van der Waals surface area contributed by atoms with Crippen LogP contribution < -0.4 is 10.5 Å². The van der Waals surface area contributed by atoms with E-state index in [1.54, 1.807) is 7.11 Å². The van der Waals surface area contributed by atoms with Crippen molar-refractivity contribution in [3.8, 4) is 17.1 Å². The van der Waals surface area contributed by atoms with E-state index in [1.165, 1.54) is 0 Å². The van der Waals surface area contributed by atoms with Crippen molar-refractivity contribution in [2.75, 3.05) is 12.8 Å². The predicted octanol–water partition coefficient (Wildman–Crippen LogP) is 3.11. The van der Waals surface area contributed by atoms with Crippen molar-refractivity contribution >= 4 is 6.01 Å². The Balaban J connectivity index is 2.61. The predicted molar refractivity (Wildman–Crippen MR) is 71.8 cm³/mol. The Labute approximate surface area is 107 Å². The largest absolute Gasteiger partial charge is 0.496 e. The van der Waals surface area contributed by atoms with E-state index in [9.17, 15) is 0 Å². The second-order valence-electron chi connectivity index (χ2n) is 4.25. The number of hydrogen-bond acceptors (Lipinski definition) is 4. The number of nitrogens with two attached hydrogens (primary N) is 1. The van der Waals surface area contributed by atoms with E-state index in [-0.39, 0.29) is 6.01 Å². The Bertz CT molecular complexity index is 573. The van der Waals surface area contributed by atoms with Crippen LogP contribution in [0.5, 0.6) is 5.75 Å². The molecule has 2 rings (SSSR count). The minimum absolute atomic E-state index is 0.217. The summed E-state index contributed by atoms with van der Waals surface area (Å²) < 4.78 is 10.8. The van der Waals surface area contributed by atoms with Crippen molar-refractivity contribution in [1.29, 1.82) is 0 Å². The third-order valence-corrected chi connectivity index (χ3v) is 3.25. The molecule has 96 valence electrons. The first-order chi connectivity index (χ1) is 8.58. The number of hydrogen-bond donors (Lipinski definition) is 1. The van der Waals surface area contributed by atoms with E-state index in [0.29, 0.717) is 0 Å². The van der Waals surface area contributed by atoms with Gasteiger partial charge in [-0.05, 0) is 43.5 Å². The lowest BCUT2D eigenvalue weighted by atomic mass is 9.99. The molecular formula is C14H18N2O2. The normalized spacial score (nSPS) is 10.7. The van der Waals surface area contributed by atoms with Crippen LogP contribution in [0.25, 0.3) is 11.3 Å². The molecule has 18 heavy (non-hydrogen) atoms. The van der Waals surface area contributed by atoms with E-state index < -0.39 is 0 Å². The molecule has 2 aromatic rings. The second-order valence-corrected chi connectivity index (χ2v) is 4.25. The maximum atomic E-state index is 5.63. The van der Waals surface area contributed by atoms with Gasteiger partial charge >= 0.3 is 0 Å². The Hall–Kier alpha value is -1.97. The van der Waals surface area contributed by atoms with Gasteiger partial charge in [0.1, 0.15) is 5.75 Å².